The first-order valence-corrected chi connectivity index (χ1v) is 11.2. The van der Waals surface area contributed by atoms with Gasteiger partial charge in [-0.1, -0.05) is 6.07 Å². The zero-order valence-electron chi connectivity index (χ0n) is 19.6. The maximum absolute atomic E-state index is 12.9. The van der Waals surface area contributed by atoms with Gasteiger partial charge in [-0.25, -0.2) is 4.79 Å². The summed E-state index contributed by atoms with van der Waals surface area (Å²) in [5, 5.41) is 9.40. The van der Waals surface area contributed by atoms with Crippen LogP contribution < -0.4 is 4.74 Å². The van der Waals surface area contributed by atoms with Crippen LogP contribution in [0.2, 0.25) is 0 Å². The number of nitriles is 1. The number of ether oxygens (including phenoxy) is 2. The second-order valence-electron chi connectivity index (χ2n) is 8.64. The molecule has 0 aromatic heterocycles. The smallest absolute Gasteiger partial charge is 0.338 e. The van der Waals surface area contributed by atoms with E-state index >= 15 is 0 Å². The van der Waals surface area contributed by atoms with Crippen LogP contribution in [0.1, 0.15) is 48.5 Å². The third-order valence-electron chi connectivity index (χ3n) is 6.77. The fourth-order valence-electron chi connectivity index (χ4n) is 4.62. The van der Waals surface area contributed by atoms with Gasteiger partial charge >= 0.3 is 5.97 Å². The van der Waals surface area contributed by atoms with Gasteiger partial charge in [0.2, 0.25) is 5.91 Å². The molecule has 0 spiro atoms. The lowest BCUT2D eigenvalue weighted by molar-refractivity contribution is -0.135. The summed E-state index contributed by atoms with van der Waals surface area (Å²) in [5.41, 5.74) is 5.15. The first-order valence-electron chi connectivity index (χ1n) is 11.2. The van der Waals surface area contributed by atoms with Gasteiger partial charge in [0.1, 0.15) is 18.4 Å². The van der Waals surface area contributed by atoms with Crippen LogP contribution in [0.3, 0.4) is 0 Å². The molecule has 2 aromatic carbocycles. The molecule has 1 saturated heterocycles. The molecule has 0 radical (unpaired) electrons. The summed E-state index contributed by atoms with van der Waals surface area (Å²) in [5.74, 6) is -0.117. The topological polar surface area (TPSA) is 99.9 Å². The quantitative estimate of drug-likeness (QED) is 0.461. The van der Waals surface area contributed by atoms with Crippen molar-refractivity contribution in [2.24, 2.45) is 0 Å². The van der Waals surface area contributed by atoms with E-state index in [4.69, 9.17) is 9.47 Å². The van der Waals surface area contributed by atoms with Gasteiger partial charge in [-0.3, -0.25) is 14.5 Å². The zero-order chi connectivity index (χ0) is 24.4. The largest absolute Gasteiger partial charge is 0.495 e. The van der Waals surface area contributed by atoms with Crippen LogP contribution in [0, 0.1) is 25.2 Å². The number of carbonyl (C=O) groups excluding carboxylic acids is 3. The number of hydrogen-bond donors (Lipinski definition) is 0. The van der Waals surface area contributed by atoms with Gasteiger partial charge in [0.15, 0.2) is 5.78 Å². The Kier molecular flexibility index (Phi) is 6.66. The summed E-state index contributed by atoms with van der Waals surface area (Å²) in [4.78, 5) is 41.1. The molecule has 0 unspecified atom stereocenters. The number of fused-ring (bicyclic) bond motifs is 1. The molecule has 0 saturated carbocycles. The van der Waals surface area contributed by atoms with E-state index in [2.05, 4.69) is 11.0 Å². The van der Waals surface area contributed by atoms with E-state index in [-0.39, 0.29) is 30.7 Å². The molecule has 2 aromatic rings. The average molecular weight is 462 g/mol. The third-order valence-corrected chi connectivity index (χ3v) is 6.77. The Morgan fingerprint density at radius 2 is 1.94 bits per heavy atom. The molecule has 8 nitrogen and oxygen atoms in total. The number of benzene rings is 2. The molecule has 2 aliphatic rings. The van der Waals surface area contributed by atoms with Crippen molar-refractivity contribution in [3.63, 3.8) is 0 Å². The minimum absolute atomic E-state index is 0.0112. The predicted molar refractivity (Wildman–Crippen MR) is 124 cm³/mol. The fraction of sp³-hybridized carbons (Fsp3) is 0.385. The number of piperazine rings is 1. The molecule has 34 heavy (non-hydrogen) atoms. The monoisotopic (exact) mass is 461 g/mol. The fourth-order valence-corrected chi connectivity index (χ4v) is 4.62. The minimum Gasteiger partial charge on any atom is -0.495 e. The number of esters is 1. The molecule has 2 heterocycles. The van der Waals surface area contributed by atoms with Gasteiger partial charge in [-0.15, -0.1) is 0 Å². The van der Waals surface area contributed by atoms with Gasteiger partial charge in [0.25, 0.3) is 0 Å². The van der Waals surface area contributed by atoms with Crippen molar-refractivity contribution < 1.29 is 23.9 Å². The maximum atomic E-state index is 12.9. The molecule has 0 N–H and O–H groups in total. The Labute approximate surface area is 198 Å². The lowest BCUT2D eigenvalue weighted by Gasteiger charge is -2.34. The van der Waals surface area contributed by atoms with E-state index in [1.54, 1.807) is 24.0 Å². The number of ketones is 1. The van der Waals surface area contributed by atoms with Crippen LogP contribution in [0.25, 0.3) is 0 Å². The highest BCUT2D eigenvalue weighted by atomic mass is 16.5. The summed E-state index contributed by atoms with van der Waals surface area (Å²) < 4.78 is 10.3. The first kappa shape index (κ1) is 23.5. The summed E-state index contributed by atoms with van der Waals surface area (Å²) in [7, 11) is 1.48. The lowest BCUT2D eigenvalue weighted by atomic mass is 9.96. The zero-order valence-corrected chi connectivity index (χ0v) is 19.6. The molecular formula is C26H27N3O5. The molecule has 0 aliphatic carbocycles. The van der Waals surface area contributed by atoms with Crippen molar-refractivity contribution in [1.29, 1.82) is 5.26 Å². The maximum Gasteiger partial charge on any atom is 0.338 e. The number of carbonyl (C=O) groups is 3. The van der Waals surface area contributed by atoms with Gasteiger partial charge in [-0.05, 0) is 55.2 Å². The average Bonchev–Trinajstić information content (AvgIpc) is 3.21. The van der Waals surface area contributed by atoms with E-state index in [9.17, 15) is 19.6 Å². The molecule has 1 amide bonds. The number of rotatable bonds is 7. The number of nitrogens with zero attached hydrogens (tertiary/aromatic N) is 3. The van der Waals surface area contributed by atoms with Crippen molar-refractivity contribution in [2.75, 3.05) is 39.8 Å². The molecule has 8 heteroatoms. The van der Waals surface area contributed by atoms with Gasteiger partial charge in [0, 0.05) is 30.8 Å². The normalized spacial score (nSPS) is 15.6. The number of amides is 1. The van der Waals surface area contributed by atoms with Crippen molar-refractivity contribution in [3.8, 4) is 11.8 Å². The van der Waals surface area contributed by atoms with Crippen molar-refractivity contribution in [1.82, 2.24) is 9.80 Å². The van der Waals surface area contributed by atoms with Crippen molar-refractivity contribution >= 4 is 17.7 Å². The molecule has 2 aliphatic heterocycles. The molecule has 0 bridgehead atoms. The van der Waals surface area contributed by atoms with Crippen molar-refractivity contribution in [3.05, 3.63) is 63.2 Å². The Morgan fingerprint density at radius 1 is 1.15 bits per heavy atom. The van der Waals surface area contributed by atoms with Crippen molar-refractivity contribution in [2.45, 2.75) is 26.9 Å². The Balaban J connectivity index is 1.35. The SMILES string of the molecule is COc1ccc(C(=O)CN2CCN(CCc3ccc4c(c3C)COC4=O)CC2=O)c(C)c1C#N. The second kappa shape index (κ2) is 9.65. The molecule has 1 fully saturated rings. The second-order valence-corrected chi connectivity index (χ2v) is 8.64. The predicted octanol–water partition coefficient (Wildman–Crippen LogP) is 2.42. The Bertz CT molecular complexity index is 1210. The van der Waals surface area contributed by atoms with E-state index in [0.29, 0.717) is 54.2 Å². The highest BCUT2D eigenvalue weighted by Gasteiger charge is 2.28. The van der Waals surface area contributed by atoms with Crippen LogP contribution in [0.5, 0.6) is 5.75 Å². The summed E-state index contributed by atoms with van der Waals surface area (Å²) in [6.07, 6.45) is 0.765. The number of Topliss-reactive ketones (excluding diaryl/α,β-unsaturated/α-hetero) is 1. The highest BCUT2D eigenvalue weighted by molar-refractivity contribution is 6.01. The van der Waals surface area contributed by atoms with Crippen LogP contribution >= 0.6 is 0 Å². The third kappa shape index (κ3) is 4.39. The van der Waals surface area contributed by atoms with Gasteiger partial charge in [0.05, 0.1) is 31.3 Å². The Morgan fingerprint density at radius 3 is 2.65 bits per heavy atom. The van der Waals surface area contributed by atoms with Crippen LogP contribution in [-0.4, -0.2) is 67.3 Å². The minimum atomic E-state index is -0.269. The molecule has 176 valence electrons. The van der Waals surface area contributed by atoms with E-state index in [1.807, 2.05) is 19.1 Å². The summed E-state index contributed by atoms with van der Waals surface area (Å²) in [6, 6.07) is 9.13. The van der Waals surface area contributed by atoms with Crippen LogP contribution in [0.4, 0.5) is 0 Å². The molecule has 0 atom stereocenters. The molecular weight excluding hydrogens is 434 g/mol. The summed E-state index contributed by atoms with van der Waals surface area (Å²) in [6.45, 7) is 6.15. The number of cyclic esters (lactones) is 1. The lowest BCUT2D eigenvalue weighted by Crippen LogP contribution is -2.52. The Hall–Kier alpha value is -3.70. The van der Waals surface area contributed by atoms with E-state index in [1.165, 1.54) is 7.11 Å². The highest BCUT2D eigenvalue weighted by Crippen LogP contribution is 2.27. The van der Waals surface area contributed by atoms with Crippen LogP contribution in [0.15, 0.2) is 24.3 Å². The van der Waals surface area contributed by atoms with Crippen LogP contribution in [-0.2, 0) is 22.6 Å². The van der Waals surface area contributed by atoms with Gasteiger partial charge in [-0.2, -0.15) is 5.26 Å². The summed E-state index contributed by atoms with van der Waals surface area (Å²) >= 11 is 0. The van der Waals surface area contributed by atoms with Gasteiger partial charge < -0.3 is 14.4 Å². The number of methoxy groups -OCH3 is 1. The standard InChI is InChI=1S/C26H27N3O5/c1-16-18(4-5-20-22(16)15-34-26(20)32)8-9-28-10-11-29(25(31)14-28)13-23(30)19-6-7-24(33-3)21(12-27)17(19)2/h4-7H,8-11,13-15H2,1-3H3. The first-order chi connectivity index (χ1) is 16.3. The molecule has 4 rings (SSSR count). The van der Waals surface area contributed by atoms with E-state index in [0.717, 1.165) is 23.1 Å². The number of hydrogen-bond acceptors (Lipinski definition) is 7. The van der Waals surface area contributed by atoms with E-state index < -0.39 is 0 Å².